The Kier molecular flexibility index (Phi) is 8.83. The molecule has 0 aromatic heterocycles. The summed E-state index contributed by atoms with van der Waals surface area (Å²) in [4.78, 5) is 2.23. The molecule has 3 nitrogen and oxygen atoms in total. The Hall–Kier alpha value is -0.120. The highest BCUT2D eigenvalue weighted by molar-refractivity contribution is 4.81. The lowest BCUT2D eigenvalue weighted by Crippen LogP contribution is -2.45. The number of aliphatic hydroxyl groups excluding tert-OH is 1. The number of hydrogen-bond donors (Lipinski definition) is 2. The monoisotopic (exact) mass is 258 g/mol. The highest BCUT2D eigenvalue weighted by Gasteiger charge is 2.26. The van der Waals surface area contributed by atoms with Gasteiger partial charge in [0.1, 0.15) is 0 Å². The third kappa shape index (κ3) is 6.72. The Bertz CT molecular complexity index is 182. The third-order valence-electron chi connectivity index (χ3n) is 3.94. The van der Waals surface area contributed by atoms with Crippen LogP contribution in [0.3, 0.4) is 0 Å². The van der Waals surface area contributed by atoms with Gasteiger partial charge in [0.05, 0.1) is 0 Å². The molecule has 1 unspecified atom stereocenters. The molecule has 2 N–H and O–H groups in total. The summed E-state index contributed by atoms with van der Waals surface area (Å²) in [6, 6.07) is 0.518. The lowest BCUT2D eigenvalue weighted by atomic mass is 9.83. The van der Waals surface area contributed by atoms with Gasteiger partial charge in [-0.25, -0.2) is 0 Å². The van der Waals surface area contributed by atoms with Crippen molar-refractivity contribution in [2.45, 2.75) is 53.0 Å². The van der Waals surface area contributed by atoms with Crippen LogP contribution in [-0.4, -0.2) is 49.8 Å². The van der Waals surface area contributed by atoms with Crippen LogP contribution < -0.4 is 5.32 Å². The fraction of sp³-hybridized carbons (Fsp3) is 1.00. The first-order valence-electron chi connectivity index (χ1n) is 7.38. The minimum Gasteiger partial charge on any atom is -0.396 e. The van der Waals surface area contributed by atoms with Gasteiger partial charge in [0, 0.05) is 31.2 Å². The van der Waals surface area contributed by atoms with Crippen LogP contribution in [0, 0.1) is 11.3 Å². The van der Waals surface area contributed by atoms with Crippen molar-refractivity contribution in [2.24, 2.45) is 11.3 Å². The van der Waals surface area contributed by atoms with E-state index in [1.165, 1.54) is 6.42 Å². The molecule has 0 saturated heterocycles. The summed E-state index contributed by atoms with van der Waals surface area (Å²) in [7, 11) is 4.24. The molecule has 18 heavy (non-hydrogen) atoms. The maximum Gasteiger partial charge on any atom is 0.0499 e. The first-order chi connectivity index (χ1) is 8.39. The van der Waals surface area contributed by atoms with Gasteiger partial charge in [0.25, 0.3) is 0 Å². The Morgan fingerprint density at radius 1 is 1.17 bits per heavy atom. The summed E-state index contributed by atoms with van der Waals surface area (Å²) >= 11 is 0. The smallest absolute Gasteiger partial charge is 0.0499 e. The number of nitrogens with one attached hydrogen (secondary N) is 1. The largest absolute Gasteiger partial charge is 0.396 e. The topological polar surface area (TPSA) is 35.5 Å². The molecular weight excluding hydrogens is 224 g/mol. The molecule has 0 amide bonds. The fourth-order valence-corrected chi connectivity index (χ4v) is 2.37. The molecule has 1 atom stereocenters. The van der Waals surface area contributed by atoms with E-state index in [1.54, 1.807) is 0 Å². The predicted octanol–water partition coefficient (Wildman–Crippen LogP) is 2.35. The van der Waals surface area contributed by atoms with E-state index in [1.807, 2.05) is 0 Å². The minimum absolute atomic E-state index is 0.0571. The Morgan fingerprint density at radius 3 is 2.06 bits per heavy atom. The Balaban J connectivity index is 4.38. The van der Waals surface area contributed by atoms with Gasteiger partial charge in [0.2, 0.25) is 0 Å². The SMILES string of the molecule is CCC(CC)(CO)CNC(CC(C)C)CN(C)C. The lowest BCUT2D eigenvalue weighted by molar-refractivity contribution is 0.106. The molecule has 0 spiro atoms. The van der Waals surface area contributed by atoms with Gasteiger partial charge in [-0.3, -0.25) is 0 Å². The highest BCUT2D eigenvalue weighted by atomic mass is 16.3. The van der Waals surface area contributed by atoms with E-state index in [0.717, 1.165) is 25.9 Å². The van der Waals surface area contributed by atoms with Crippen LogP contribution >= 0.6 is 0 Å². The molecule has 0 bridgehead atoms. The van der Waals surface area contributed by atoms with Crippen molar-refractivity contribution >= 4 is 0 Å². The molecule has 110 valence electrons. The van der Waals surface area contributed by atoms with Crippen molar-refractivity contribution in [1.29, 1.82) is 0 Å². The summed E-state index contributed by atoms with van der Waals surface area (Å²) in [5.74, 6) is 0.703. The molecule has 0 aliphatic heterocycles. The second-order valence-corrected chi connectivity index (χ2v) is 6.33. The van der Waals surface area contributed by atoms with Gasteiger partial charge in [-0.1, -0.05) is 27.7 Å². The summed E-state index contributed by atoms with van der Waals surface area (Å²) in [5, 5.41) is 13.3. The zero-order chi connectivity index (χ0) is 14.2. The van der Waals surface area contributed by atoms with Crippen LogP contribution in [0.2, 0.25) is 0 Å². The number of likely N-dealkylation sites (N-methyl/N-ethyl adjacent to an activating group) is 1. The molecule has 0 heterocycles. The average Bonchev–Trinajstić information content (AvgIpc) is 2.30. The number of nitrogens with zero attached hydrogens (tertiary/aromatic N) is 1. The molecule has 0 aliphatic rings. The van der Waals surface area contributed by atoms with Crippen molar-refractivity contribution in [3.05, 3.63) is 0 Å². The maximum absolute atomic E-state index is 9.60. The van der Waals surface area contributed by atoms with E-state index < -0.39 is 0 Å². The quantitative estimate of drug-likeness (QED) is 0.631. The molecule has 0 saturated carbocycles. The Morgan fingerprint density at radius 2 is 1.72 bits per heavy atom. The van der Waals surface area contributed by atoms with Crippen LogP contribution in [0.1, 0.15) is 47.0 Å². The summed E-state index contributed by atoms with van der Waals surface area (Å²) in [6.45, 7) is 11.1. The Labute approximate surface area is 114 Å². The van der Waals surface area contributed by atoms with Gasteiger partial charge in [-0.15, -0.1) is 0 Å². The van der Waals surface area contributed by atoms with Crippen molar-refractivity contribution < 1.29 is 5.11 Å². The third-order valence-corrected chi connectivity index (χ3v) is 3.94. The fourth-order valence-electron chi connectivity index (χ4n) is 2.37. The number of aliphatic hydroxyl groups is 1. The van der Waals surface area contributed by atoms with E-state index in [4.69, 9.17) is 0 Å². The molecule has 0 aliphatic carbocycles. The molecule has 0 aromatic rings. The van der Waals surface area contributed by atoms with Gasteiger partial charge in [-0.2, -0.15) is 0 Å². The predicted molar refractivity (Wildman–Crippen MR) is 79.9 cm³/mol. The van der Waals surface area contributed by atoms with Crippen molar-refractivity contribution in [3.63, 3.8) is 0 Å². The van der Waals surface area contributed by atoms with E-state index in [-0.39, 0.29) is 12.0 Å². The molecule has 0 fully saturated rings. The van der Waals surface area contributed by atoms with Gasteiger partial charge in [-0.05, 0) is 39.3 Å². The molecular formula is C15H34N2O. The van der Waals surface area contributed by atoms with Crippen LogP contribution in [0.4, 0.5) is 0 Å². The van der Waals surface area contributed by atoms with Crippen LogP contribution in [0.25, 0.3) is 0 Å². The van der Waals surface area contributed by atoms with Crippen molar-refractivity contribution in [3.8, 4) is 0 Å². The van der Waals surface area contributed by atoms with Crippen molar-refractivity contribution in [2.75, 3.05) is 33.8 Å². The number of hydrogen-bond acceptors (Lipinski definition) is 3. The molecule has 0 radical (unpaired) electrons. The van der Waals surface area contributed by atoms with E-state index in [9.17, 15) is 5.11 Å². The zero-order valence-corrected chi connectivity index (χ0v) is 13.3. The normalized spacial score (nSPS) is 14.5. The highest BCUT2D eigenvalue weighted by Crippen LogP contribution is 2.24. The van der Waals surface area contributed by atoms with E-state index in [0.29, 0.717) is 12.0 Å². The summed E-state index contributed by atoms with van der Waals surface area (Å²) in [6.07, 6.45) is 3.25. The second-order valence-electron chi connectivity index (χ2n) is 6.33. The summed E-state index contributed by atoms with van der Waals surface area (Å²) < 4.78 is 0. The van der Waals surface area contributed by atoms with E-state index >= 15 is 0 Å². The van der Waals surface area contributed by atoms with Gasteiger partial charge in [0.15, 0.2) is 0 Å². The standard InChI is InChI=1S/C15H34N2O/c1-7-15(8-2,12-18)11-16-14(9-13(3)4)10-17(5)6/h13-14,16,18H,7-12H2,1-6H3. The van der Waals surface area contributed by atoms with Crippen LogP contribution in [-0.2, 0) is 0 Å². The van der Waals surface area contributed by atoms with Crippen molar-refractivity contribution in [1.82, 2.24) is 10.2 Å². The first-order valence-corrected chi connectivity index (χ1v) is 7.38. The molecule has 3 heteroatoms. The average molecular weight is 258 g/mol. The summed E-state index contributed by atoms with van der Waals surface area (Å²) in [5.41, 5.74) is 0.0571. The van der Waals surface area contributed by atoms with Gasteiger partial charge >= 0.3 is 0 Å². The molecule has 0 aromatic carbocycles. The van der Waals surface area contributed by atoms with Gasteiger partial charge < -0.3 is 15.3 Å². The van der Waals surface area contributed by atoms with E-state index in [2.05, 4.69) is 52.0 Å². The van der Waals surface area contributed by atoms with Crippen LogP contribution in [0.5, 0.6) is 0 Å². The molecule has 0 rings (SSSR count). The van der Waals surface area contributed by atoms with Crippen LogP contribution in [0.15, 0.2) is 0 Å². The zero-order valence-electron chi connectivity index (χ0n) is 13.3. The second kappa shape index (κ2) is 8.89. The number of rotatable bonds is 10. The maximum atomic E-state index is 9.60. The lowest BCUT2D eigenvalue weighted by Gasteiger charge is -2.33. The first kappa shape index (κ1) is 17.9. The minimum atomic E-state index is 0.0571.